The Hall–Kier alpha value is -1.65. The lowest BCUT2D eigenvalue weighted by atomic mass is 10.5. The van der Waals surface area contributed by atoms with Crippen molar-refractivity contribution >= 4 is 11.9 Å². The summed E-state index contributed by atoms with van der Waals surface area (Å²) in [5.74, 6) is 1.06. The number of hydrogen-bond donors (Lipinski definition) is 1. The fraction of sp³-hybridized carbons (Fsp3) is 0.375. The van der Waals surface area contributed by atoms with Crippen LogP contribution >= 0.6 is 0 Å². The number of aryl methyl sites for hydroxylation is 1. The molecule has 0 aliphatic rings. The minimum absolute atomic E-state index is 0.343. The summed E-state index contributed by atoms with van der Waals surface area (Å²) in [6.07, 6.45) is 1.07. The van der Waals surface area contributed by atoms with Gasteiger partial charge in [-0.05, 0) is 19.9 Å². The van der Waals surface area contributed by atoms with Gasteiger partial charge in [-0.1, -0.05) is 0 Å². The summed E-state index contributed by atoms with van der Waals surface area (Å²) >= 11 is 0. The van der Waals surface area contributed by atoms with Gasteiger partial charge in [0.05, 0.1) is 6.61 Å². The summed E-state index contributed by atoms with van der Waals surface area (Å²) in [6.45, 7) is 3.83. The number of carbonyl (C=O) groups is 1. The molecule has 1 amide bonds. The van der Waals surface area contributed by atoms with Gasteiger partial charge in [0.15, 0.2) is 0 Å². The maximum atomic E-state index is 10.9. The summed E-state index contributed by atoms with van der Waals surface area (Å²) in [4.78, 5) is 18.8. The number of nitrogens with one attached hydrogen (secondary N) is 1. The van der Waals surface area contributed by atoms with Crippen molar-refractivity contribution in [1.82, 2.24) is 9.97 Å². The zero-order valence-corrected chi connectivity index (χ0v) is 7.57. The number of ether oxygens (including phenoxy) is 1. The maximum absolute atomic E-state index is 10.9. The topological polar surface area (TPSA) is 64.1 Å². The molecule has 0 atom stereocenters. The van der Waals surface area contributed by atoms with Crippen molar-refractivity contribution < 1.29 is 9.53 Å². The lowest BCUT2D eigenvalue weighted by Crippen LogP contribution is -2.14. The van der Waals surface area contributed by atoms with E-state index in [1.54, 1.807) is 26.1 Å². The van der Waals surface area contributed by atoms with Gasteiger partial charge in [0, 0.05) is 6.20 Å². The lowest BCUT2D eigenvalue weighted by molar-refractivity contribution is 0.168. The Labute approximate surface area is 76.2 Å². The highest BCUT2D eigenvalue weighted by molar-refractivity contribution is 5.83. The first kappa shape index (κ1) is 9.44. The van der Waals surface area contributed by atoms with Gasteiger partial charge in [-0.15, -0.1) is 0 Å². The van der Waals surface area contributed by atoms with Crippen LogP contribution in [0.2, 0.25) is 0 Å². The second kappa shape index (κ2) is 4.39. The van der Waals surface area contributed by atoms with E-state index in [4.69, 9.17) is 0 Å². The van der Waals surface area contributed by atoms with Crippen molar-refractivity contribution in [2.45, 2.75) is 13.8 Å². The fourth-order valence-electron chi connectivity index (χ4n) is 0.798. The van der Waals surface area contributed by atoms with Crippen LogP contribution < -0.4 is 5.32 Å². The van der Waals surface area contributed by atoms with Crippen molar-refractivity contribution in [2.24, 2.45) is 0 Å². The van der Waals surface area contributed by atoms with Gasteiger partial charge in [-0.25, -0.2) is 14.8 Å². The van der Waals surface area contributed by atoms with E-state index < -0.39 is 6.09 Å². The molecule has 0 aromatic carbocycles. The zero-order chi connectivity index (χ0) is 9.68. The average Bonchev–Trinajstić information content (AvgIpc) is 2.04. The van der Waals surface area contributed by atoms with Crippen LogP contribution in [0.4, 0.5) is 10.6 Å². The molecule has 0 aliphatic heterocycles. The quantitative estimate of drug-likeness (QED) is 0.748. The molecule has 13 heavy (non-hydrogen) atoms. The first-order chi connectivity index (χ1) is 6.22. The van der Waals surface area contributed by atoms with E-state index in [0.717, 1.165) is 0 Å². The summed E-state index contributed by atoms with van der Waals surface area (Å²) in [6, 6.07) is 1.60. The molecule has 1 N–H and O–H groups in total. The van der Waals surface area contributed by atoms with Gasteiger partial charge in [0.1, 0.15) is 11.6 Å². The van der Waals surface area contributed by atoms with Gasteiger partial charge in [-0.3, -0.25) is 5.32 Å². The first-order valence-corrected chi connectivity index (χ1v) is 3.96. The normalized spacial score (nSPS) is 9.38. The van der Waals surface area contributed by atoms with Crippen LogP contribution in [0.5, 0.6) is 0 Å². The summed E-state index contributed by atoms with van der Waals surface area (Å²) in [5.41, 5.74) is 0. The molecule has 5 nitrogen and oxygen atoms in total. The predicted octanol–water partition coefficient (Wildman–Crippen LogP) is 1.35. The molecule has 1 rings (SSSR count). The number of nitrogens with zero attached hydrogens (tertiary/aromatic N) is 2. The Morgan fingerprint density at radius 2 is 2.46 bits per heavy atom. The van der Waals surface area contributed by atoms with Gasteiger partial charge < -0.3 is 4.74 Å². The van der Waals surface area contributed by atoms with Crippen LogP contribution in [0.25, 0.3) is 0 Å². The van der Waals surface area contributed by atoms with Gasteiger partial charge >= 0.3 is 6.09 Å². The largest absolute Gasteiger partial charge is 0.450 e. The van der Waals surface area contributed by atoms with E-state index in [1.807, 2.05) is 0 Å². The Morgan fingerprint density at radius 3 is 3.08 bits per heavy atom. The minimum atomic E-state index is -0.499. The smallest absolute Gasteiger partial charge is 0.412 e. The van der Waals surface area contributed by atoms with Crippen LogP contribution in [0.15, 0.2) is 12.3 Å². The second-order valence-corrected chi connectivity index (χ2v) is 2.33. The number of amides is 1. The number of carbonyl (C=O) groups excluding carboxylic acids is 1. The Morgan fingerprint density at radius 1 is 1.69 bits per heavy atom. The highest BCUT2D eigenvalue weighted by atomic mass is 16.5. The number of aromatic nitrogens is 2. The van der Waals surface area contributed by atoms with Gasteiger partial charge in [0.2, 0.25) is 0 Å². The molecule has 1 heterocycles. The van der Waals surface area contributed by atoms with E-state index in [9.17, 15) is 4.79 Å². The summed E-state index contributed by atoms with van der Waals surface area (Å²) in [5, 5.41) is 2.47. The van der Waals surface area contributed by atoms with Crippen LogP contribution in [-0.2, 0) is 4.74 Å². The number of hydrogen-bond acceptors (Lipinski definition) is 4. The average molecular weight is 181 g/mol. The highest BCUT2D eigenvalue weighted by Crippen LogP contribution is 2.01. The predicted molar refractivity (Wildman–Crippen MR) is 47.4 cm³/mol. The molecule has 0 radical (unpaired) electrons. The zero-order valence-electron chi connectivity index (χ0n) is 7.57. The lowest BCUT2D eigenvalue weighted by Gasteiger charge is -2.03. The summed E-state index contributed by atoms with van der Waals surface area (Å²) < 4.78 is 4.68. The van der Waals surface area contributed by atoms with Crippen LogP contribution in [0, 0.1) is 6.92 Å². The molecule has 5 heteroatoms. The molecule has 1 aromatic rings. The van der Waals surface area contributed by atoms with Crippen LogP contribution in [0.1, 0.15) is 12.7 Å². The van der Waals surface area contributed by atoms with Crippen molar-refractivity contribution in [1.29, 1.82) is 0 Å². The van der Waals surface area contributed by atoms with Crippen molar-refractivity contribution in [3.8, 4) is 0 Å². The van der Waals surface area contributed by atoms with Gasteiger partial charge in [0.25, 0.3) is 0 Å². The Bertz CT molecular complexity index is 301. The molecule has 0 bridgehead atoms. The standard InChI is InChI=1S/C8H11N3O2/c1-3-13-8(12)11-7-4-5-9-6(2)10-7/h4-5H,3H2,1-2H3,(H,9,10,11,12). The molecule has 0 unspecified atom stereocenters. The van der Waals surface area contributed by atoms with E-state index in [2.05, 4.69) is 20.0 Å². The third-order valence-electron chi connectivity index (χ3n) is 1.28. The minimum Gasteiger partial charge on any atom is -0.450 e. The molecular weight excluding hydrogens is 170 g/mol. The van der Waals surface area contributed by atoms with Crippen molar-refractivity contribution in [3.63, 3.8) is 0 Å². The second-order valence-electron chi connectivity index (χ2n) is 2.33. The Kier molecular flexibility index (Phi) is 3.19. The van der Waals surface area contributed by atoms with E-state index in [-0.39, 0.29) is 0 Å². The molecule has 0 fully saturated rings. The highest BCUT2D eigenvalue weighted by Gasteiger charge is 2.02. The van der Waals surface area contributed by atoms with E-state index in [0.29, 0.717) is 18.2 Å². The third-order valence-corrected chi connectivity index (χ3v) is 1.28. The Balaban J connectivity index is 2.58. The molecule has 0 saturated heterocycles. The monoisotopic (exact) mass is 181 g/mol. The first-order valence-electron chi connectivity index (χ1n) is 3.96. The molecule has 70 valence electrons. The van der Waals surface area contributed by atoms with Crippen LogP contribution in [0.3, 0.4) is 0 Å². The summed E-state index contributed by atoms with van der Waals surface area (Å²) in [7, 11) is 0. The SMILES string of the molecule is CCOC(=O)Nc1ccnc(C)n1. The number of anilines is 1. The fourth-order valence-corrected chi connectivity index (χ4v) is 0.798. The van der Waals surface area contributed by atoms with Crippen LogP contribution in [-0.4, -0.2) is 22.7 Å². The van der Waals surface area contributed by atoms with E-state index >= 15 is 0 Å². The molecule has 0 aliphatic carbocycles. The molecule has 1 aromatic heterocycles. The molecular formula is C8H11N3O2. The van der Waals surface area contributed by atoms with Crippen molar-refractivity contribution in [3.05, 3.63) is 18.1 Å². The van der Waals surface area contributed by atoms with Crippen molar-refractivity contribution in [2.75, 3.05) is 11.9 Å². The van der Waals surface area contributed by atoms with E-state index in [1.165, 1.54) is 0 Å². The third kappa shape index (κ3) is 3.06. The molecule has 0 saturated carbocycles. The maximum Gasteiger partial charge on any atom is 0.412 e. The molecule has 0 spiro atoms. The number of rotatable bonds is 2. The van der Waals surface area contributed by atoms with Gasteiger partial charge in [-0.2, -0.15) is 0 Å².